The van der Waals surface area contributed by atoms with Gasteiger partial charge in [-0.3, -0.25) is 9.59 Å². The van der Waals surface area contributed by atoms with Crippen molar-refractivity contribution in [1.29, 1.82) is 0 Å². The summed E-state index contributed by atoms with van der Waals surface area (Å²) < 4.78 is 26.9. The molecule has 1 unspecified atom stereocenters. The van der Waals surface area contributed by atoms with Crippen LogP contribution < -0.4 is 10.2 Å². The van der Waals surface area contributed by atoms with Crippen LogP contribution in [0.25, 0.3) is 0 Å². The van der Waals surface area contributed by atoms with Gasteiger partial charge in [0.1, 0.15) is 11.6 Å². The Morgan fingerprint density at radius 2 is 2.00 bits per heavy atom. The van der Waals surface area contributed by atoms with Crippen LogP contribution in [0, 0.1) is 24.5 Å². The molecule has 0 saturated carbocycles. The van der Waals surface area contributed by atoms with E-state index in [9.17, 15) is 18.4 Å². The highest BCUT2D eigenvalue weighted by Crippen LogP contribution is 2.29. The van der Waals surface area contributed by atoms with E-state index < -0.39 is 17.6 Å². The fourth-order valence-electron chi connectivity index (χ4n) is 2.82. The molecule has 7 heteroatoms. The van der Waals surface area contributed by atoms with E-state index in [2.05, 4.69) is 5.32 Å². The zero-order chi connectivity index (χ0) is 18.1. The summed E-state index contributed by atoms with van der Waals surface area (Å²) in [4.78, 5) is 25.8. The summed E-state index contributed by atoms with van der Waals surface area (Å²) in [6, 6.07) is 8.06. The first-order valence-corrected chi connectivity index (χ1v) is 8.05. The summed E-state index contributed by atoms with van der Waals surface area (Å²) in [5, 5.41) is 3.33. The molecule has 0 radical (unpaired) electrons. The summed E-state index contributed by atoms with van der Waals surface area (Å²) in [5.74, 6) is -2.88. The van der Waals surface area contributed by atoms with Crippen molar-refractivity contribution in [2.45, 2.75) is 13.3 Å². The molecular weight excluding hydrogens is 350 g/mol. The van der Waals surface area contributed by atoms with Gasteiger partial charge in [0.15, 0.2) is 0 Å². The summed E-state index contributed by atoms with van der Waals surface area (Å²) in [6.07, 6.45) is -0.0325. The SMILES string of the molecule is Cc1cc(Cl)ccc1NC(=O)C1CC(=O)N(c2ccc(F)cc2F)C1. The molecule has 0 spiro atoms. The number of halogens is 3. The number of carbonyl (C=O) groups excluding carboxylic acids is 2. The first kappa shape index (κ1) is 17.4. The maximum Gasteiger partial charge on any atom is 0.229 e. The molecule has 1 aliphatic heterocycles. The maximum absolute atomic E-state index is 13.9. The molecule has 1 atom stereocenters. The minimum Gasteiger partial charge on any atom is -0.326 e. The Morgan fingerprint density at radius 3 is 2.68 bits per heavy atom. The Balaban J connectivity index is 1.74. The second kappa shape index (κ2) is 6.80. The molecular formula is C18H15ClF2N2O2. The van der Waals surface area contributed by atoms with Gasteiger partial charge in [0, 0.05) is 29.7 Å². The van der Waals surface area contributed by atoms with Gasteiger partial charge in [-0.25, -0.2) is 8.78 Å². The number of rotatable bonds is 3. The molecule has 2 amide bonds. The number of anilines is 2. The van der Waals surface area contributed by atoms with Crippen molar-refractivity contribution in [3.8, 4) is 0 Å². The zero-order valence-corrected chi connectivity index (χ0v) is 14.1. The first-order valence-electron chi connectivity index (χ1n) is 7.67. The lowest BCUT2D eigenvalue weighted by Crippen LogP contribution is -2.28. The number of carbonyl (C=O) groups is 2. The molecule has 1 N–H and O–H groups in total. The standard InChI is InChI=1S/C18H15ClF2N2O2/c1-10-6-12(19)2-4-15(10)22-18(25)11-7-17(24)23(9-11)16-5-3-13(20)8-14(16)21/h2-6,8,11H,7,9H2,1H3,(H,22,25). The van der Waals surface area contributed by atoms with Gasteiger partial charge < -0.3 is 10.2 Å². The van der Waals surface area contributed by atoms with Crippen molar-refractivity contribution in [2.24, 2.45) is 5.92 Å². The minimum absolute atomic E-state index is 0.0237. The zero-order valence-electron chi connectivity index (χ0n) is 13.4. The van der Waals surface area contributed by atoms with E-state index in [4.69, 9.17) is 11.6 Å². The number of nitrogens with one attached hydrogen (secondary N) is 1. The maximum atomic E-state index is 13.9. The van der Waals surface area contributed by atoms with E-state index in [-0.39, 0.29) is 30.5 Å². The average molecular weight is 365 g/mol. The fraction of sp³-hybridized carbons (Fsp3) is 0.222. The number of benzene rings is 2. The molecule has 1 fully saturated rings. The molecule has 2 aromatic rings. The minimum atomic E-state index is -0.831. The lowest BCUT2D eigenvalue weighted by Gasteiger charge is -2.17. The van der Waals surface area contributed by atoms with Crippen LogP contribution in [0.1, 0.15) is 12.0 Å². The highest BCUT2D eigenvalue weighted by molar-refractivity contribution is 6.30. The van der Waals surface area contributed by atoms with E-state index in [1.54, 1.807) is 18.2 Å². The van der Waals surface area contributed by atoms with Crippen LogP contribution >= 0.6 is 11.6 Å². The van der Waals surface area contributed by atoms with Crippen molar-refractivity contribution in [2.75, 3.05) is 16.8 Å². The van der Waals surface area contributed by atoms with Gasteiger partial charge in [-0.1, -0.05) is 11.6 Å². The Kier molecular flexibility index (Phi) is 4.72. The molecule has 1 aliphatic rings. The Hall–Kier alpha value is -2.47. The molecule has 3 rings (SSSR count). The van der Waals surface area contributed by atoms with Crippen molar-refractivity contribution in [3.05, 3.63) is 58.6 Å². The molecule has 1 saturated heterocycles. The fourth-order valence-corrected chi connectivity index (χ4v) is 3.04. The number of amides is 2. The van der Waals surface area contributed by atoms with Gasteiger partial charge in [0.25, 0.3) is 0 Å². The number of hydrogen-bond acceptors (Lipinski definition) is 2. The van der Waals surface area contributed by atoms with Crippen molar-refractivity contribution in [3.63, 3.8) is 0 Å². The van der Waals surface area contributed by atoms with Crippen molar-refractivity contribution >= 4 is 34.8 Å². The average Bonchev–Trinajstić information content (AvgIpc) is 2.92. The molecule has 0 aromatic heterocycles. The van der Waals surface area contributed by atoms with E-state index in [1.807, 2.05) is 6.92 Å². The Morgan fingerprint density at radius 1 is 1.24 bits per heavy atom. The van der Waals surface area contributed by atoms with Gasteiger partial charge in [-0.2, -0.15) is 0 Å². The molecule has 25 heavy (non-hydrogen) atoms. The van der Waals surface area contributed by atoms with Crippen molar-refractivity contribution < 1.29 is 18.4 Å². The van der Waals surface area contributed by atoms with Crippen LogP contribution in [0.15, 0.2) is 36.4 Å². The Labute approximate surface area is 148 Å². The van der Waals surface area contributed by atoms with Crippen LogP contribution in [0.5, 0.6) is 0 Å². The number of aryl methyl sites for hydroxylation is 1. The van der Waals surface area contributed by atoms with Crippen LogP contribution in [0.3, 0.4) is 0 Å². The highest BCUT2D eigenvalue weighted by atomic mass is 35.5. The predicted molar refractivity (Wildman–Crippen MR) is 91.6 cm³/mol. The third-order valence-corrected chi connectivity index (χ3v) is 4.38. The van der Waals surface area contributed by atoms with Crippen LogP contribution in [0.4, 0.5) is 20.2 Å². The van der Waals surface area contributed by atoms with E-state index in [1.165, 1.54) is 11.0 Å². The Bertz CT molecular complexity index is 857. The van der Waals surface area contributed by atoms with Gasteiger partial charge in [-0.05, 0) is 42.8 Å². The van der Waals surface area contributed by atoms with Gasteiger partial charge in [0.05, 0.1) is 11.6 Å². The summed E-state index contributed by atoms with van der Waals surface area (Å²) in [7, 11) is 0. The van der Waals surface area contributed by atoms with Gasteiger partial charge in [-0.15, -0.1) is 0 Å². The first-order chi connectivity index (χ1) is 11.8. The van der Waals surface area contributed by atoms with Gasteiger partial charge in [0.2, 0.25) is 11.8 Å². The predicted octanol–water partition coefficient (Wildman–Crippen LogP) is 3.92. The lowest BCUT2D eigenvalue weighted by atomic mass is 10.1. The van der Waals surface area contributed by atoms with E-state index in [0.717, 1.165) is 11.6 Å². The third-order valence-electron chi connectivity index (χ3n) is 4.14. The summed E-state index contributed by atoms with van der Waals surface area (Å²) in [6.45, 7) is 1.85. The molecule has 0 bridgehead atoms. The molecule has 130 valence electrons. The van der Waals surface area contributed by atoms with Crippen LogP contribution in [-0.2, 0) is 9.59 Å². The molecule has 2 aromatic carbocycles. The van der Waals surface area contributed by atoms with Crippen LogP contribution in [-0.4, -0.2) is 18.4 Å². The van der Waals surface area contributed by atoms with E-state index in [0.29, 0.717) is 16.8 Å². The van der Waals surface area contributed by atoms with Crippen molar-refractivity contribution in [1.82, 2.24) is 0 Å². The molecule has 0 aliphatic carbocycles. The third kappa shape index (κ3) is 3.64. The smallest absolute Gasteiger partial charge is 0.229 e. The normalized spacial score (nSPS) is 17.0. The van der Waals surface area contributed by atoms with Gasteiger partial charge >= 0.3 is 0 Å². The largest absolute Gasteiger partial charge is 0.326 e. The topological polar surface area (TPSA) is 49.4 Å². The monoisotopic (exact) mass is 364 g/mol. The molecule has 1 heterocycles. The summed E-state index contributed by atoms with van der Waals surface area (Å²) >= 11 is 5.89. The number of hydrogen-bond donors (Lipinski definition) is 1. The molecule has 4 nitrogen and oxygen atoms in total. The second-order valence-electron chi connectivity index (χ2n) is 5.95. The lowest BCUT2D eigenvalue weighted by molar-refractivity contribution is -0.122. The highest BCUT2D eigenvalue weighted by Gasteiger charge is 2.36. The summed E-state index contributed by atoms with van der Waals surface area (Å²) in [5.41, 5.74) is 1.38. The quantitative estimate of drug-likeness (QED) is 0.897. The second-order valence-corrected chi connectivity index (χ2v) is 6.39. The van der Waals surface area contributed by atoms with E-state index >= 15 is 0 Å². The number of nitrogens with zero attached hydrogens (tertiary/aromatic N) is 1. The van der Waals surface area contributed by atoms with Crippen LogP contribution in [0.2, 0.25) is 5.02 Å².